The lowest BCUT2D eigenvalue weighted by atomic mass is 10.00. The number of hydrogen-bond donors (Lipinski definition) is 0. The molecule has 0 radical (unpaired) electrons. The Balaban J connectivity index is 1.77. The topological polar surface area (TPSA) is 55.2 Å². The molecule has 142 valence electrons. The molecule has 3 aromatic rings. The quantitative estimate of drug-likeness (QED) is 0.698. The highest BCUT2D eigenvalue weighted by Gasteiger charge is 2.24. The van der Waals surface area contributed by atoms with Gasteiger partial charge in [-0.15, -0.1) is 0 Å². The first kappa shape index (κ1) is 18.2. The van der Waals surface area contributed by atoms with E-state index in [0.717, 1.165) is 39.1 Å². The summed E-state index contributed by atoms with van der Waals surface area (Å²) in [7, 11) is 1.81. The van der Waals surface area contributed by atoms with Crippen molar-refractivity contribution in [1.82, 2.24) is 9.55 Å². The van der Waals surface area contributed by atoms with Gasteiger partial charge in [-0.05, 0) is 56.2 Å². The van der Waals surface area contributed by atoms with E-state index in [2.05, 4.69) is 17.1 Å². The first-order chi connectivity index (χ1) is 13.3. The molecule has 0 aliphatic carbocycles. The minimum atomic E-state index is 0.0373. The lowest BCUT2D eigenvalue weighted by Gasteiger charge is -2.14. The average molecular weight is 373 g/mol. The molecule has 1 aromatic carbocycles. The molecule has 0 N–H and O–H groups in total. The Kier molecular flexibility index (Phi) is 4.38. The molecule has 28 heavy (non-hydrogen) atoms. The SMILES string of the molecule is Cc1cc(-c2cncc(-c3ccc4c(c3)CC(=O)N4C)c2)cn(C(C)C)c1=O. The lowest BCUT2D eigenvalue weighted by Crippen LogP contribution is -2.23. The fourth-order valence-electron chi connectivity index (χ4n) is 3.69. The maximum absolute atomic E-state index is 12.4. The summed E-state index contributed by atoms with van der Waals surface area (Å²) in [5.74, 6) is 0.116. The number of fused-ring (bicyclic) bond motifs is 1. The number of amides is 1. The van der Waals surface area contributed by atoms with Crippen LogP contribution in [0.15, 0.2) is 53.7 Å². The Hall–Kier alpha value is -3.21. The van der Waals surface area contributed by atoms with Crippen molar-refractivity contribution < 1.29 is 4.79 Å². The van der Waals surface area contributed by atoms with Crippen LogP contribution >= 0.6 is 0 Å². The van der Waals surface area contributed by atoms with Gasteiger partial charge in [0.2, 0.25) is 5.91 Å². The summed E-state index contributed by atoms with van der Waals surface area (Å²) in [6.45, 7) is 5.85. The van der Waals surface area contributed by atoms with Crippen LogP contribution in [0.2, 0.25) is 0 Å². The maximum Gasteiger partial charge on any atom is 0.253 e. The van der Waals surface area contributed by atoms with Crippen molar-refractivity contribution >= 4 is 11.6 Å². The highest BCUT2D eigenvalue weighted by molar-refractivity contribution is 6.01. The number of aromatic nitrogens is 2. The molecule has 2 aromatic heterocycles. The highest BCUT2D eigenvalue weighted by atomic mass is 16.2. The third-order valence-corrected chi connectivity index (χ3v) is 5.34. The molecule has 0 saturated carbocycles. The average Bonchev–Trinajstić information content (AvgIpc) is 2.97. The van der Waals surface area contributed by atoms with Crippen molar-refractivity contribution in [1.29, 1.82) is 0 Å². The Labute approximate surface area is 164 Å². The summed E-state index contributed by atoms with van der Waals surface area (Å²) in [5, 5.41) is 0. The Morgan fingerprint density at radius 1 is 0.964 bits per heavy atom. The van der Waals surface area contributed by atoms with Crippen LogP contribution in [0.1, 0.15) is 31.0 Å². The van der Waals surface area contributed by atoms with Gasteiger partial charge in [0.1, 0.15) is 0 Å². The van der Waals surface area contributed by atoms with Crippen molar-refractivity contribution in [2.24, 2.45) is 0 Å². The molecule has 5 nitrogen and oxygen atoms in total. The van der Waals surface area contributed by atoms with E-state index in [4.69, 9.17) is 0 Å². The van der Waals surface area contributed by atoms with Crippen molar-refractivity contribution in [3.8, 4) is 22.3 Å². The monoisotopic (exact) mass is 373 g/mol. The van der Waals surface area contributed by atoms with Crippen LogP contribution in [-0.2, 0) is 11.2 Å². The maximum atomic E-state index is 12.4. The smallest absolute Gasteiger partial charge is 0.253 e. The van der Waals surface area contributed by atoms with E-state index in [1.807, 2.05) is 64.6 Å². The summed E-state index contributed by atoms with van der Waals surface area (Å²) >= 11 is 0. The number of likely N-dealkylation sites (N-methyl/N-ethyl adjacent to an activating group) is 1. The number of carbonyl (C=O) groups is 1. The van der Waals surface area contributed by atoms with Gasteiger partial charge in [0.15, 0.2) is 0 Å². The predicted molar refractivity (Wildman–Crippen MR) is 112 cm³/mol. The molecule has 0 spiro atoms. The van der Waals surface area contributed by atoms with Gasteiger partial charge in [-0.1, -0.05) is 6.07 Å². The zero-order chi connectivity index (χ0) is 20.0. The van der Waals surface area contributed by atoms with Gasteiger partial charge < -0.3 is 9.47 Å². The summed E-state index contributed by atoms with van der Waals surface area (Å²) in [6.07, 6.45) is 5.98. The van der Waals surface area contributed by atoms with E-state index in [0.29, 0.717) is 6.42 Å². The first-order valence-corrected chi connectivity index (χ1v) is 9.43. The number of anilines is 1. The minimum Gasteiger partial charge on any atom is -0.315 e. The second kappa shape index (κ2) is 6.75. The standard InChI is InChI=1S/C23H23N3O2/c1-14(2)26-13-20(7-15(3)23(26)28)19-9-18(11-24-12-19)16-5-6-21-17(8-16)10-22(27)25(21)4/h5-9,11-14H,10H2,1-4H3. The van der Waals surface area contributed by atoms with Gasteiger partial charge in [-0.25, -0.2) is 0 Å². The van der Waals surface area contributed by atoms with Crippen LogP contribution in [0.5, 0.6) is 0 Å². The second-order valence-electron chi connectivity index (χ2n) is 7.65. The van der Waals surface area contributed by atoms with Crippen LogP contribution in [0.3, 0.4) is 0 Å². The Morgan fingerprint density at radius 2 is 1.68 bits per heavy atom. The van der Waals surface area contributed by atoms with Gasteiger partial charge in [-0.3, -0.25) is 14.6 Å². The third-order valence-electron chi connectivity index (χ3n) is 5.34. The summed E-state index contributed by atoms with van der Waals surface area (Å²) in [6, 6.07) is 10.2. The molecule has 1 aliphatic rings. The molecular weight excluding hydrogens is 350 g/mol. The van der Waals surface area contributed by atoms with Crippen molar-refractivity contribution in [3.05, 3.63) is 70.4 Å². The number of benzene rings is 1. The van der Waals surface area contributed by atoms with Gasteiger partial charge in [0, 0.05) is 59.6 Å². The van der Waals surface area contributed by atoms with Crippen LogP contribution < -0.4 is 10.5 Å². The zero-order valence-corrected chi connectivity index (χ0v) is 16.6. The number of rotatable bonds is 3. The van der Waals surface area contributed by atoms with Gasteiger partial charge in [0.05, 0.1) is 6.42 Å². The Morgan fingerprint density at radius 3 is 2.39 bits per heavy atom. The van der Waals surface area contributed by atoms with Crippen LogP contribution in [0.4, 0.5) is 5.69 Å². The van der Waals surface area contributed by atoms with Crippen molar-refractivity contribution in [3.63, 3.8) is 0 Å². The normalized spacial score (nSPS) is 13.3. The third kappa shape index (κ3) is 3.03. The highest BCUT2D eigenvalue weighted by Crippen LogP contribution is 2.33. The number of carbonyl (C=O) groups excluding carboxylic acids is 1. The number of pyridine rings is 2. The van der Waals surface area contributed by atoms with Crippen molar-refractivity contribution in [2.75, 3.05) is 11.9 Å². The largest absolute Gasteiger partial charge is 0.315 e. The summed E-state index contributed by atoms with van der Waals surface area (Å²) < 4.78 is 1.76. The molecule has 1 aliphatic heterocycles. The van der Waals surface area contributed by atoms with E-state index in [9.17, 15) is 9.59 Å². The Bertz CT molecular complexity index is 1140. The molecule has 0 saturated heterocycles. The molecule has 0 unspecified atom stereocenters. The van der Waals surface area contributed by atoms with E-state index in [1.165, 1.54) is 0 Å². The molecule has 0 atom stereocenters. The first-order valence-electron chi connectivity index (χ1n) is 9.43. The molecule has 5 heteroatoms. The minimum absolute atomic E-state index is 0.0373. The van der Waals surface area contributed by atoms with Crippen LogP contribution in [0, 0.1) is 6.92 Å². The van der Waals surface area contributed by atoms with Gasteiger partial charge >= 0.3 is 0 Å². The molecular formula is C23H23N3O2. The fourth-order valence-corrected chi connectivity index (χ4v) is 3.69. The second-order valence-corrected chi connectivity index (χ2v) is 7.65. The van der Waals surface area contributed by atoms with E-state index in [1.54, 1.807) is 9.47 Å². The number of hydrogen-bond acceptors (Lipinski definition) is 3. The molecule has 1 amide bonds. The van der Waals surface area contributed by atoms with E-state index < -0.39 is 0 Å². The molecule has 0 fully saturated rings. The van der Waals surface area contributed by atoms with Crippen LogP contribution in [-0.4, -0.2) is 22.5 Å². The summed E-state index contributed by atoms with van der Waals surface area (Å²) in [4.78, 5) is 30.4. The van der Waals surface area contributed by atoms with Crippen LogP contribution in [0.25, 0.3) is 22.3 Å². The number of nitrogens with zero attached hydrogens (tertiary/aromatic N) is 3. The zero-order valence-electron chi connectivity index (χ0n) is 16.6. The van der Waals surface area contributed by atoms with Crippen molar-refractivity contribution in [2.45, 2.75) is 33.2 Å². The fraction of sp³-hybridized carbons (Fsp3) is 0.261. The molecule has 3 heterocycles. The van der Waals surface area contributed by atoms with E-state index >= 15 is 0 Å². The van der Waals surface area contributed by atoms with E-state index in [-0.39, 0.29) is 17.5 Å². The van der Waals surface area contributed by atoms with Gasteiger partial charge in [-0.2, -0.15) is 0 Å². The number of aryl methyl sites for hydroxylation is 1. The molecule has 4 rings (SSSR count). The predicted octanol–water partition coefficient (Wildman–Crippen LogP) is 3.99. The van der Waals surface area contributed by atoms with Gasteiger partial charge in [0.25, 0.3) is 5.56 Å². The summed E-state index contributed by atoms with van der Waals surface area (Å²) in [5.41, 5.74) is 6.72. The molecule has 0 bridgehead atoms. The lowest BCUT2D eigenvalue weighted by molar-refractivity contribution is -0.117.